The number of hydrogen-bond acceptors (Lipinski definition) is 3. The topological polar surface area (TPSA) is 42.2 Å². The number of benzene rings is 1. The molecule has 0 amide bonds. The summed E-state index contributed by atoms with van der Waals surface area (Å²) >= 11 is 0. The molecule has 4 heteroatoms. The van der Waals surface area contributed by atoms with Gasteiger partial charge < -0.3 is 9.47 Å². The smallest absolute Gasteiger partial charge is 0.165 e. The highest BCUT2D eigenvalue weighted by Gasteiger charge is 2.44. The lowest BCUT2D eigenvalue weighted by Gasteiger charge is -2.37. The molecule has 1 aromatic rings. The minimum Gasteiger partial charge on any atom is -0.496 e. The van der Waals surface area contributed by atoms with E-state index in [9.17, 15) is 9.65 Å². The molecule has 1 aromatic carbocycles. The fourth-order valence-electron chi connectivity index (χ4n) is 2.31. The number of halogens is 1. The molecular formula is C13H14FNO2. The van der Waals surface area contributed by atoms with Crippen LogP contribution in [0.4, 0.5) is 4.39 Å². The molecule has 0 heterocycles. The van der Waals surface area contributed by atoms with Crippen LogP contribution in [0.2, 0.25) is 0 Å². The Hall–Kier alpha value is -1.76. The van der Waals surface area contributed by atoms with Crippen LogP contribution < -0.4 is 9.47 Å². The van der Waals surface area contributed by atoms with Gasteiger partial charge in [0.05, 0.1) is 31.3 Å². The molecule has 2 rings (SSSR count). The number of ether oxygens (including phenoxy) is 2. The Morgan fingerprint density at radius 3 is 2.41 bits per heavy atom. The van der Waals surface area contributed by atoms with Crippen LogP contribution in [0.5, 0.6) is 11.5 Å². The van der Waals surface area contributed by atoms with E-state index < -0.39 is 11.2 Å². The Bertz CT molecular complexity index is 475. The Labute approximate surface area is 99.8 Å². The highest BCUT2D eigenvalue weighted by atomic mass is 19.1. The van der Waals surface area contributed by atoms with Gasteiger partial charge in [-0.25, -0.2) is 4.39 Å². The molecule has 1 aliphatic carbocycles. The number of nitriles is 1. The molecule has 0 aromatic heterocycles. The third-order valence-electron chi connectivity index (χ3n) is 3.40. The van der Waals surface area contributed by atoms with Gasteiger partial charge in [-0.05, 0) is 31.4 Å². The van der Waals surface area contributed by atoms with E-state index in [1.165, 1.54) is 20.3 Å². The zero-order valence-electron chi connectivity index (χ0n) is 9.92. The maximum absolute atomic E-state index is 13.7. The van der Waals surface area contributed by atoms with Gasteiger partial charge in [0.2, 0.25) is 0 Å². The van der Waals surface area contributed by atoms with Crippen LogP contribution >= 0.6 is 0 Å². The predicted octanol–water partition coefficient (Wildman–Crippen LogP) is 2.79. The number of hydrogen-bond donors (Lipinski definition) is 0. The summed E-state index contributed by atoms with van der Waals surface area (Å²) in [5.41, 5.74) is -0.102. The molecule has 0 saturated heterocycles. The summed E-state index contributed by atoms with van der Waals surface area (Å²) in [5.74, 6) is 0.194. The molecule has 1 fully saturated rings. The van der Waals surface area contributed by atoms with Crippen LogP contribution in [0.15, 0.2) is 12.1 Å². The van der Waals surface area contributed by atoms with E-state index in [0.29, 0.717) is 11.3 Å². The van der Waals surface area contributed by atoms with E-state index in [-0.39, 0.29) is 5.75 Å². The van der Waals surface area contributed by atoms with Gasteiger partial charge in [-0.1, -0.05) is 0 Å². The molecule has 1 aliphatic rings. The van der Waals surface area contributed by atoms with Gasteiger partial charge in [0.25, 0.3) is 0 Å². The summed E-state index contributed by atoms with van der Waals surface area (Å²) in [6.45, 7) is 0. The maximum atomic E-state index is 13.7. The molecule has 3 nitrogen and oxygen atoms in total. The van der Waals surface area contributed by atoms with Crippen LogP contribution in [-0.2, 0) is 5.41 Å². The normalized spacial score (nSPS) is 16.8. The minimum atomic E-state index is -0.654. The molecule has 0 N–H and O–H groups in total. The molecule has 1 saturated carbocycles. The van der Waals surface area contributed by atoms with Crippen molar-refractivity contribution in [1.82, 2.24) is 0 Å². The zero-order valence-corrected chi connectivity index (χ0v) is 9.92. The average molecular weight is 235 g/mol. The van der Waals surface area contributed by atoms with Crippen molar-refractivity contribution in [3.8, 4) is 17.6 Å². The van der Waals surface area contributed by atoms with Gasteiger partial charge in [0.15, 0.2) is 11.6 Å². The van der Waals surface area contributed by atoms with Crippen LogP contribution in [-0.4, -0.2) is 14.2 Å². The first-order valence-corrected chi connectivity index (χ1v) is 5.51. The Kier molecular flexibility index (Phi) is 2.93. The van der Waals surface area contributed by atoms with E-state index in [1.54, 1.807) is 6.07 Å². The van der Waals surface area contributed by atoms with E-state index in [0.717, 1.165) is 19.3 Å². The lowest BCUT2D eigenvalue weighted by molar-refractivity contribution is 0.284. The van der Waals surface area contributed by atoms with Crippen molar-refractivity contribution in [2.75, 3.05) is 14.2 Å². The maximum Gasteiger partial charge on any atom is 0.165 e. The van der Waals surface area contributed by atoms with Crippen LogP contribution in [0.25, 0.3) is 0 Å². The molecule has 17 heavy (non-hydrogen) atoms. The van der Waals surface area contributed by atoms with Gasteiger partial charge >= 0.3 is 0 Å². The summed E-state index contributed by atoms with van der Waals surface area (Å²) < 4.78 is 24.0. The molecule has 0 aliphatic heterocycles. The van der Waals surface area contributed by atoms with Crippen molar-refractivity contribution >= 4 is 0 Å². The van der Waals surface area contributed by atoms with Crippen LogP contribution in [0, 0.1) is 17.1 Å². The van der Waals surface area contributed by atoms with Crippen molar-refractivity contribution in [2.24, 2.45) is 0 Å². The minimum absolute atomic E-state index is 0.130. The van der Waals surface area contributed by atoms with Crippen molar-refractivity contribution < 1.29 is 13.9 Å². The van der Waals surface area contributed by atoms with Crippen LogP contribution in [0.1, 0.15) is 24.8 Å². The van der Waals surface area contributed by atoms with Crippen molar-refractivity contribution in [3.05, 3.63) is 23.5 Å². The quantitative estimate of drug-likeness (QED) is 0.809. The van der Waals surface area contributed by atoms with Crippen LogP contribution in [0.3, 0.4) is 0 Å². The van der Waals surface area contributed by atoms with Gasteiger partial charge in [-0.2, -0.15) is 5.26 Å². The van der Waals surface area contributed by atoms with E-state index >= 15 is 0 Å². The summed E-state index contributed by atoms with van der Waals surface area (Å²) in [6.07, 6.45) is 2.41. The third kappa shape index (κ3) is 1.62. The Morgan fingerprint density at radius 2 is 2.00 bits per heavy atom. The molecule has 0 radical (unpaired) electrons. The first-order valence-electron chi connectivity index (χ1n) is 5.51. The Morgan fingerprint density at radius 1 is 1.29 bits per heavy atom. The SMILES string of the molecule is COc1ccc(F)c(OC)c1C1(C#N)CCC1. The molecule has 90 valence electrons. The van der Waals surface area contributed by atoms with E-state index in [4.69, 9.17) is 9.47 Å². The first-order chi connectivity index (χ1) is 8.18. The monoisotopic (exact) mass is 235 g/mol. The number of rotatable bonds is 3. The second-order valence-electron chi connectivity index (χ2n) is 4.21. The van der Waals surface area contributed by atoms with Gasteiger partial charge in [-0.15, -0.1) is 0 Å². The summed E-state index contributed by atoms with van der Waals surface area (Å²) in [4.78, 5) is 0. The van der Waals surface area contributed by atoms with Crippen molar-refractivity contribution in [2.45, 2.75) is 24.7 Å². The van der Waals surface area contributed by atoms with E-state index in [1.807, 2.05) is 0 Å². The second-order valence-corrected chi connectivity index (χ2v) is 4.21. The molecule has 0 atom stereocenters. The largest absolute Gasteiger partial charge is 0.496 e. The molecular weight excluding hydrogens is 221 g/mol. The highest BCUT2D eigenvalue weighted by Crippen LogP contribution is 2.51. The van der Waals surface area contributed by atoms with Gasteiger partial charge in [-0.3, -0.25) is 0 Å². The fraction of sp³-hybridized carbons (Fsp3) is 0.462. The highest BCUT2D eigenvalue weighted by molar-refractivity contribution is 5.54. The second kappa shape index (κ2) is 4.25. The lowest BCUT2D eigenvalue weighted by Crippen LogP contribution is -2.33. The third-order valence-corrected chi connectivity index (χ3v) is 3.40. The average Bonchev–Trinajstić information content (AvgIpc) is 2.29. The fourth-order valence-corrected chi connectivity index (χ4v) is 2.31. The molecule has 0 bridgehead atoms. The molecule has 0 spiro atoms. The first kappa shape index (κ1) is 11.7. The predicted molar refractivity (Wildman–Crippen MR) is 60.6 cm³/mol. The molecule has 0 unspecified atom stereocenters. The van der Waals surface area contributed by atoms with Crippen molar-refractivity contribution in [1.29, 1.82) is 5.26 Å². The number of nitrogens with zero attached hydrogens (tertiary/aromatic N) is 1. The van der Waals surface area contributed by atoms with Gasteiger partial charge in [0.1, 0.15) is 5.75 Å². The summed E-state index contributed by atoms with van der Waals surface area (Å²) in [5, 5.41) is 9.34. The number of methoxy groups -OCH3 is 2. The summed E-state index contributed by atoms with van der Waals surface area (Å²) in [7, 11) is 2.92. The van der Waals surface area contributed by atoms with Crippen molar-refractivity contribution in [3.63, 3.8) is 0 Å². The standard InChI is InChI=1S/C13H14FNO2/c1-16-10-5-4-9(14)12(17-2)11(10)13(8-15)6-3-7-13/h4-5H,3,6-7H2,1-2H3. The zero-order chi connectivity index (χ0) is 12.5. The Balaban J connectivity index is 2.65. The lowest BCUT2D eigenvalue weighted by atomic mass is 9.65. The summed E-state index contributed by atoms with van der Waals surface area (Å²) in [6, 6.07) is 5.12. The van der Waals surface area contributed by atoms with E-state index in [2.05, 4.69) is 6.07 Å². The van der Waals surface area contributed by atoms with Gasteiger partial charge in [0, 0.05) is 0 Å².